The average molecular weight is 269 g/mol. The molecule has 0 spiro atoms. The normalized spacial score (nSPS) is 10.6. The Morgan fingerprint density at radius 2 is 2.00 bits per heavy atom. The number of carbonyl (C=O) groups excluding carboxylic acids is 1. The second kappa shape index (κ2) is 4.78. The maximum absolute atomic E-state index is 12.0. The van der Waals surface area contributed by atoms with Crippen molar-refractivity contribution >= 4 is 38.8 Å². The number of pyridine rings is 2. The number of aromatic nitrogens is 2. The summed E-state index contributed by atoms with van der Waals surface area (Å²) in [6, 6.07) is 7.52. The molecular formula is C14H11N3OS. The van der Waals surface area contributed by atoms with E-state index in [-0.39, 0.29) is 5.91 Å². The molecule has 0 aliphatic heterocycles. The molecule has 0 bridgehead atoms. The Morgan fingerprint density at radius 1 is 1.21 bits per heavy atom. The van der Waals surface area contributed by atoms with Gasteiger partial charge in [-0.2, -0.15) is 0 Å². The lowest BCUT2D eigenvalue weighted by atomic mass is 10.3. The lowest BCUT2D eigenvalue weighted by Crippen LogP contribution is -2.22. The lowest BCUT2D eigenvalue weighted by Gasteiger charge is -2.19. The molecule has 94 valence electrons. The van der Waals surface area contributed by atoms with Gasteiger partial charge in [0.15, 0.2) is 0 Å². The molecule has 19 heavy (non-hydrogen) atoms. The summed E-state index contributed by atoms with van der Waals surface area (Å²) in [4.78, 5) is 22.0. The fraction of sp³-hybridized carbons (Fsp3) is 0.0714. The number of hydrogen-bond acceptors (Lipinski definition) is 4. The maximum atomic E-state index is 12.0. The highest BCUT2D eigenvalue weighted by Crippen LogP contribution is 2.35. The summed E-state index contributed by atoms with van der Waals surface area (Å²) in [7, 11) is 0. The number of amides is 1. The molecule has 0 fully saturated rings. The van der Waals surface area contributed by atoms with E-state index in [1.165, 1.54) is 0 Å². The molecule has 4 nitrogen and oxygen atoms in total. The third-order valence-electron chi connectivity index (χ3n) is 2.79. The Hall–Kier alpha value is -2.27. The molecule has 3 heterocycles. The molecule has 1 amide bonds. The fourth-order valence-electron chi connectivity index (χ4n) is 2.00. The third-order valence-corrected chi connectivity index (χ3v) is 3.71. The van der Waals surface area contributed by atoms with Crippen LogP contribution in [0.2, 0.25) is 0 Å². The Kier molecular flexibility index (Phi) is 2.97. The van der Waals surface area contributed by atoms with E-state index in [1.807, 2.05) is 29.6 Å². The van der Waals surface area contributed by atoms with Crippen molar-refractivity contribution in [3.05, 3.63) is 48.2 Å². The number of carbonyl (C=O) groups is 1. The van der Waals surface area contributed by atoms with Gasteiger partial charge in [-0.3, -0.25) is 19.7 Å². The highest BCUT2D eigenvalue weighted by molar-refractivity contribution is 7.17. The first kappa shape index (κ1) is 11.8. The molecule has 0 N–H and O–H groups in total. The molecule has 5 heteroatoms. The number of fused-ring (bicyclic) bond motifs is 1. The summed E-state index contributed by atoms with van der Waals surface area (Å²) < 4.78 is 1.07. The largest absolute Gasteiger partial charge is 0.278 e. The van der Waals surface area contributed by atoms with Crippen LogP contribution < -0.4 is 4.90 Å². The van der Waals surface area contributed by atoms with Crippen molar-refractivity contribution in [3.63, 3.8) is 0 Å². The van der Waals surface area contributed by atoms with Crippen molar-refractivity contribution in [1.82, 2.24) is 9.97 Å². The molecular weight excluding hydrogens is 258 g/mol. The zero-order valence-electron chi connectivity index (χ0n) is 10.3. The minimum Gasteiger partial charge on any atom is -0.278 e. The van der Waals surface area contributed by atoms with E-state index in [4.69, 9.17) is 0 Å². The van der Waals surface area contributed by atoms with Gasteiger partial charge < -0.3 is 0 Å². The van der Waals surface area contributed by atoms with Gasteiger partial charge in [0, 0.05) is 30.9 Å². The first-order valence-corrected chi connectivity index (χ1v) is 6.68. The molecule has 0 saturated heterocycles. The highest BCUT2D eigenvalue weighted by atomic mass is 32.1. The molecule has 0 aliphatic carbocycles. The Bertz CT molecular complexity index is 724. The van der Waals surface area contributed by atoms with E-state index in [1.54, 1.807) is 41.8 Å². The van der Waals surface area contributed by atoms with Gasteiger partial charge in [-0.1, -0.05) is 0 Å². The number of rotatable bonds is 2. The molecule has 0 aromatic carbocycles. The van der Waals surface area contributed by atoms with E-state index >= 15 is 0 Å². The monoisotopic (exact) mass is 269 g/mol. The Labute approximate surface area is 114 Å². The second-order valence-corrected chi connectivity index (χ2v) is 4.94. The molecule has 0 radical (unpaired) electrons. The van der Waals surface area contributed by atoms with Gasteiger partial charge in [0.05, 0.1) is 16.1 Å². The minimum absolute atomic E-state index is 0.0449. The quantitative estimate of drug-likeness (QED) is 0.716. The van der Waals surface area contributed by atoms with E-state index < -0.39 is 0 Å². The lowest BCUT2D eigenvalue weighted by molar-refractivity contribution is -0.115. The molecule has 0 atom stereocenters. The van der Waals surface area contributed by atoms with Gasteiger partial charge in [-0.15, -0.1) is 11.3 Å². The van der Waals surface area contributed by atoms with Crippen molar-refractivity contribution in [3.8, 4) is 0 Å². The van der Waals surface area contributed by atoms with Gasteiger partial charge in [-0.05, 0) is 24.3 Å². The Balaban J connectivity index is 2.18. The SMILES string of the molecule is CC(=O)N(c1ccncc1)c1csc2cccnc12. The molecule has 3 rings (SSSR count). The summed E-state index contributed by atoms with van der Waals surface area (Å²) >= 11 is 1.58. The number of thiophene rings is 1. The fourth-order valence-corrected chi connectivity index (χ4v) is 2.88. The predicted octanol–water partition coefficient (Wildman–Crippen LogP) is 3.38. The van der Waals surface area contributed by atoms with Gasteiger partial charge in [-0.25, -0.2) is 0 Å². The molecule has 3 aromatic heterocycles. The topological polar surface area (TPSA) is 46.1 Å². The van der Waals surface area contributed by atoms with Gasteiger partial charge in [0.2, 0.25) is 5.91 Å². The molecule has 3 aromatic rings. The summed E-state index contributed by atoms with van der Waals surface area (Å²) in [5, 5.41) is 1.96. The first-order valence-electron chi connectivity index (χ1n) is 5.80. The summed E-state index contributed by atoms with van der Waals surface area (Å²) in [5.41, 5.74) is 2.46. The number of anilines is 2. The minimum atomic E-state index is -0.0449. The van der Waals surface area contributed by atoms with Crippen LogP contribution in [0.4, 0.5) is 11.4 Å². The van der Waals surface area contributed by atoms with Crippen molar-refractivity contribution in [2.45, 2.75) is 6.92 Å². The standard InChI is InChI=1S/C14H11N3OS/c1-10(18)17(11-4-7-15-8-5-11)12-9-19-13-3-2-6-16-14(12)13/h2-9H,1H3. The zero-order chi connectivity index (χ0) is 13.2. The van der Waals surface area contributed by atoms with Crippen molar-refractivity contribution in [2.75, 3.05) is 4.90 Å². The van der Waals surface area contributed by atoms with E-state index in [0.29, 0.717) is 0 Å². The molecule has 0 saturated carbocycles. The van der Waals surface area contributed by atoms with Crippen LogP contribution in [0.3, 0.4) is 0 Å². The van der Waals surface area contributed by atoms with Crippen molar-refractivity contribution in [2.24, 2.45) is 0 Å². The smallest absolute Gasteiger partial charge is 0.228 e. The van der Waals surface area contributed by atoms with Gasteiger partial charge >= 0.3 is 0 Å². The van der Waals surface area contributed by atoms with Crippen LogP contribution in [-0.4, -0.2) is 15.9 Å². The van der Waals surface area contributed by atoms with Crippen LogP contribution in [0.5, 0.6) is 0 Å². The molecule has 0 unspecified atom stereocenters. The van der Waals surface area contributed by atoms with Crippen LogP contribution >= 0.6 is 11.3 Å². The van der Waals surface area contributed by atoms with Crippen molar-refractivity contribution in [1.29, 1.82) is 0 Å². The summed E-state index contributed by atoms with van der Waals surface area (Å²) in [6.45, 7) is 1.55. The predicted molar refractivity (Wildman–Crippen MR) is 76.7 cm³/mol. The second-order valence-electron chi connectivity index (χ2n) is 4.03. The van der Waals surface area contributed by atoms with Crippen LogP contribution in [0.1, 0.15) is 6.92 Å². The van der Waals surface area contributed by atoms with Gasteiger partial charge in [0.25, 0.3) is 0 Å². The maximum Gasteiger partial charge on any atom is 0.228 e. The first-order chi connectivity index (χ1) is 9.27. The average Bonchev–Trinajstić information content (AvgIpc) is 2.84. The van der Waals surface area contributed by atoms with Crippen LogP contribution in [0, 0.1) is 0 Å². The number of nitrogens with zero attached hydrogens (tertiary/aromatic N) is 3. The number of hydrogen-bond donors (Lipinski definition) is 0. The van der Waals surface area contributed by atoms with E-state index in [9.17, 15) is 4.79 Å². The Morgan fingerprint density at radius 3 is 2.74 bits per heavy atom. The summed E-state index contributed by atoms with van der Waals surface area (Å²) in [6.07, 6.45) is 5.09. The highest BCUT2D eigenvalue weighted by Gasteiger charge is 2.18. The molecule has 0 aliphatic rings. The van der Waals surface area contributed by atoms with E-state index in [0.717, 1.165) is 21.6 Å². The third kappa shape index (κ3) is 2.08. The van der Waals surface area contributed by atoms with E-state index in [2.05, 4.69) is 9.97 Å². The van der Waals surface area contributed by atoms with Crippen LogP contribution in [0.25, 0.3) is 10.2 Å². The summed E-state index contributed by atoms with van der Waals surface area (Å²) in [5.74, 6) is -0.0449. The van der Waals surface area contributed by atoms with Gasteiger partial charge in [0.1, 0.15) is 5.52 Å². The van der Waals surface area contributed by atoms with Crippen LogP contribution in [0.15, 0.2) is 48.2 Å². The van der Waals surface area contributed by atoms with Crippen molar-refractivity contribution < 1.29 is 4.79 Å². The van der Waals surface area contributed by atoms with Crippen LogP contribution in [-0.2, 0) is 4.79 Å². The zero-order valence-corrected chi connectivity index (χ0v) is 11.1.